The predicted molar refractivity (Wildman–Crippen MR) is 77.0 cm³/mol. The van der Waals surface area contributed by atoms with E-state index in [0.29, 0.717) is 6.54 Å². The molecule has 0 aliphatic carbocycles. The number of aromatic nitrogens is 2. The standard InChI is InChI=1S/C14H21N3O4/c1-4-6-9-17-12(18)8-7-11(15-17)14(20)16(3)10-13(19)21-5-2/h7-8H,4-6,9-10H2,1-3H3. The minimum absolute atomic E-state index is 0.137. The lowest BCUT2D eigenvalue weighted by Gasteiger charge is -2.16. The van der Waals surface area contributed by atoms with Crippen molar-refractivity contribution in [3.05, 3.63) is 28.2 Å². The molecule has 1 heterocycles. The molecule has 1 aromatic rings. The molecule has 116 valence electrons. The van der Waals surface area contributed by atoms with Crippen LogP contribution >= 0.6 is 0 Å². The number of aryl methyl sites for hydroxylation is 1. The quantitative estimate of drug-likeness (QED) is 0.691. The van der Waals surface area contributed by atoms with Gasteiger partial charge in [-0.05, 0) is 19.4 Å². The average Bonchev–Trinajstić information content (AvgIpc) is 2.45. The number of likely N-dealkylation sites (N-methyl/N-ethyl adjacent to an activating group) is 1. The van der Waals surface area contributed by atoms with Gasteiger partial charge in [0.15, 0.2) is 0 Å². The molecule has 0 N–H and O–H groups in total. The lowest BCUT2D eigenvalue weighted by Crippen LogP contribution is -2.35. The molecule has 0 bridgehead atoms. The SMILES string of the molecule is CCCCn1nc(C(=O)N(C)CC(=O)OCC)ccc1=O. The molecule has 0 saturated heterocycles. The summed E-state index contributed by atoms with van der Waals surface area (Å²) in [4.78, 5) is 36.4. The van der Waals surface area contributed by atoms with Gasteiger partial charge >= 0.3 is 5.97 Å². The monoisotopic (exact) mass is 295 g/mol. The first-order valence-electron chi connectivity index (χ1n) is 6.98. The van der Waals surface area contributed by atoms with E-state index in [0.717, 1.165) is 12.8 Å². The highest BCUT2D eigenvalue weighted by Gasteiger charge is 2.17. The van der Waals surface area contributed by atoms with E-state index < -0.39 is 11.9 Å². The first-order chi connectivity index (χ1) is 9.99. The van der Waals surface area contributed by atoms with Crippen molar-refractivity contribution in [1.29, 1.82) is 0 Å². The summed E-state index contributed by atoms with van der Waals surface area (Å²) in [5.41, 5.74) is -0.106. The Hall–Kier alpha value is -2.18. The van der Waals surface area contributed by atoms with Crippen molar-refractivity contribution < 1.29 is 14.3 Å². The fourth-order valence-electron chi connectivity index (χ4n) is 1.70. The van der Waals surface area contributed by atoms with Crippen LogP contribution in [0.4, 0.5) is 0 Å². The Labute approximate surface area is 123 Å². The van der Waals surface area contributed by atoms with Gasteiger partial charge in [-0.25, -0.2) is 4.68 Å². The van der Waals surface area contributed by atoms with Crippen LogP contribution in [-0.4, -0.2) is 46.8 Å². The van der Waals surface area contributed by atoms with Crippen LogP contribution in [0.15, 0.2) is 16.9 Å². The third-order valence-corrected chi connectivity index (χ3v) is 2.83. The van der Waals surface area contributed by atoms with Crippen molar-refractivity contribution in [2.75, 3.05) is 20.2 Å². The molecule has 0 fully saturated rings. The summed E-state index contributed by atoms with van der Waals surface area (Å²) >= 11 is 0. The van der Waals surface area contributed by atoms with Crippen LogP contribution in [0.2, 0.25) is 0 Å². The number of carbonyl (C=O) groups excluding carboxylic acids is 2. The molecule has 0 atom stereocenters. The number of hydrogen-bond donors (Lipinski definition) is 0. The summed E-state index contributed by atoms with van der Waals surface area (Å²) in [6.07, 6.45) is 1.73. The molecule has 0 aromatic carbocycles. The molecule has 0 aliphatic heterocycles. The summed E-state index contributed by atoms with van der Waals surface area (Å²) in [6, 6.07) is 2.68. The van der Waals surface area contributed by atoms with E-state index in [1.54, 1.807) is 6.92 Å². The normalized spacial score (nSPS) is 10.2. The van der Waals surface area contributed by atoms with Crippen molar-refractivity contribution in [1.82, 2.24) is 14.7 Å². The van der Waals surface area contributed by atoms with E-state index in [1.807, 2.05) is 6.92 Å². The van der Waals surface area contributed by atoms with Gasteiger partial charge in [0.2, 0.25) is 0 Å². The van der Waals surface area contributed by atoms with Crippen LogP contribution in [0.3, 0.4) is 0 Å². The number of amides is 1. The Morgan fingerprint density at radius 1 is 1.33 bits per heavy atom. The van der Waals surface area contributed by atoms with Crippen molar-refractivity contribution in [3.63, 3.8) is 0 Å². The number of carbonyl (C=O) groups is 2. The van der Waals surface area contributed by atoms with Gasteiger partial charge in [-0.1, -0.05) is 13.3 Å². The zero-order chi connectivity index (χ0) is 15.8. The Kier molecular flexibility index (Phi) is 6.58. The zero-order valence-electron chi connectivity index (χ0n) is 12.7. The second kappa shape index (κ2) is 8.18. The third-order valence-electron chi connectivity index (χ3n) is 2.83. The first-order valence-corrected chi connectivity index (χ1v) is 6.98. The van der Waals surface area contributed by atoms with Gasteiger partial charge in [-0.2, -0.15) is 5.10 Å². The molecule has 1 amide bonds. The summed E-state index contributed by atoms with van der Waals surface area (Å²) in [6.45, 7) is 4.29. The van der Waals surface area contributed by atoms with Gasteiger partial charge in [-0.15, -0.1) is 0 Å². The zero-order valence-corrected chi connectivity index (χ0v) is 12.7. The van der Waals surface area contributed by atoms with Crippen LogP contribution in [0.5, 0.6) is 0 Å². The van der Waals surface area contributed by atoms with Gasteiger partial charge in [0.25, 0.3) is 11.5 Å². The number of rotatable bonds is 7. The van der Waals surface area contributed by atoms with Crippen molar-refractivity contribution in [3.8, 4) is 0 Å². The highest BCUT2D eigenvalue weighted by Crippen LogP contribution is 1.99. The molecule has 0 spiro atoms. The molecular weight excluding hydrogens is 274 g/mol. The van der Waals surface area contributed by atoms with E-state index in [-0.39, 0.29) is 24.4 Å². The minimum atomic E-state index is -0.479. The maximum atomic E-state index is 12.2. The molecule has 7 nitrogen and oxygen atoms in total. The molecular formula is C14H21N3O4. The molecule has 1 aromatic heterocycles. The van der Waals surface area contributed by atoms with Crippen molar-refractivity contribution >= 4 is 11.9 Å². The number of nitrogens with zero attached hydrogens (tertiary/aromatic N) is 3. The molecule has 7 heteroatoms. The fourth-order valence-corrected chi connectivity index (χ4v) is 1.70. The second-order valence-electron chi connectivity index (χ2n) is 4.60. The van der Waals surface area contributed by atoms with Gasteiger partial charge < -0.3 is 9.64 Å². The van der Waals surface area contributed by atoms with Crippen LogP contribution in [0, 0.1) is 0 Å². The van der Waals surface area contributed by atoms with Crippen LogP contribution in [0.1, 0.15) is 37.2 Å². The van der Waals surface area contributed by atoms with Crippen LogP contribution < -0.4 is 5.56 Å². The van der Waals surface area contributed by atoms with E-state index in [1.165, 1.54) is 28.8 Å². The number of ether oxygens (including phenoxy) is 1. The van der Waals surface area contributed by atoms with E-state index in [9.17, 15) is 14.4 Å². The topological polar surface area (TPSA) is 81.5 Å². The fraction of sp³-hybridized carbons (Fsp3) is 0.571. The number of esters is 1. The number of hydrogen-bond acceptors (Lipinski definition) is 5. The smallest absolute Gasteiger partial charge is 0.325 e. The van der Waals surface area contributed by atoms with Crippen LogP contribution in [0.25, 0.3) is 0 Å². The van der Waals surface area contributed by atoms with Gasteiger partial charge in [0.05, 0.1) is 6.61 Å². The molecule has 1 rings (SSSR count). The Balaban J connectivity index is 2.82. The molecule has 0 unspecified atom stereocenters. The highest BCUT2D eigenvalue weighted by atomic mass is 16.5. The molecule has 21 heavy (non-hydrogen) atoms. The average molecular weight is 295 g/mol. The van der Waals surface area contributed by atoms with Crippen LogP contribution in [-0.2, 0) is 16.1 Å². The van der Waals surface area contributed by atoms with Gasteiger partial charge in [0, 0.05) is 19.7 Å². The van der Waals surface area contributed by atoms with E-state index >= 15 is 0 Å². The van der Waals surface area contributed by atoms with Gasteiger partial charge in [0.1, 0.15) is 12.2 Å². The Morgan fingerprint density at radius 3 is 2.67 bits per heavy atom. The van der Waals surface area contributed by atoms with E-state index in [4.69, 9.17) is 4.74 Å². The summed E-state index contributed by atoms with van der Waals surface area (Å²) in [5, 5.41) is 4.04. The van der Waals surface area contributed by atoms with E-state index in [2.05, 4.69) is 5.10 Å². The lowest BCUT2D eigenvalue weighted by molar-refractivity contribution is -0.143. The predicted octanol–water partition coefficient (Wildman–Crippen LogP) is 0.678. The first kappa shape index (κ1) is 16.9. The second-order valence-corrected chi connectivity index (χ2v) is 4.60. The Bertz CT molecular complexity index is 553. The summed E-state index contributed by atoms with van der Waals surface area (Å²) in [5.74, 6) is -0.902. The van der Waals surface area contributed by atoms with Gasteiger partial charge in [-0.3, -0.25) is 14.4 Å². The number of unbranched alkanes of at least 4 members (excludes halogenated alkanes) is 1. The minimum Gasteiger partial charge on any atom is -0.465 e. The lowest BCUT2D eigenvalue weighted by atomic mass is 10.3. The largest absolute Gasteiger partial charge is 0.465 e. The molecule has 0 radical (unpaired) electrons. The third kappa shape index (κ3) is 5.02. The van der Waals surface area contributed by atoms with Crippen molar-refractivity contribution in [2.24, 2.45) is 0 Å². The maximum absolute atomic E-state index is 12.2. The molecule has 0 aliphatic rings. The highest BCUT2D eigenvalue weighted by molar-refractivity contribution is 5.93. The summed E-state index contributed by atoms with van der Waals surface area (Å²) < 4.78 is 6.06. The maximum Gasteiger partial charge on any atom is 0.325 e. The molecule has 0 saturated carbocycles. The summed E-state index contributed by atoms with van der Waals surface area (Å²) in [7, 11) is 1.49. The van der Waals surface area contributed by atoms with Crippen molar-refractivity contribution in [2.45, 2.75) is 33.2 Å². The Morgan fingerprint density at radius 2 is 2.05 bits per heavy atom.